The molecule has 0 aliphatic rings. The fraction of sp³-hybridized carbons (Fsp3) is 0. The number of rotatable bonds is 3. The number of nitrogens with one attached hydrogen (secondary N) is 1. The molecule has 1 N–H and O–H groups in total. The van der Waals surface area contributed by atoms with E-state index in [0.717, 1.165) is 82.0 Å². The first-order chi connectivity index (χ1) is 32.6. The number of amidine groups is 1. The summed E-state index contributed by atoms with van der Waals surface area (Å²) in [5.74, 6) is 0.394. The van der Waals surface area contributed by atoms with Gasteiger partial charge in [-0.1, -0.05) is 127 Å². The summed E-state index contributed by atoms with van der Waals surface area (Å²) in [5.41, 5.74) is 7.76. The first-order valence-corrected chi connectivity index (χ1v) is 22.9. The van der Waals surface area contributed by atoms with Crippen LogP contribution in [0.2, 0.25) is 0 Å². The molecule has 14 rings (SSSR count). The van der Waals surface area contributed by atoms with Gasteiger partial charge in [0.05, 0.1) is 33.3 Å². The fourth-order valence-corrected chi connectivity index (χ4v) is 11.3. The third-order valence-electron chi connectivity index (χ3n) is 13.2. The van der Waals surface area contributed by atoms with Crippen LogP contribution in [0, 0.1) is 5.41 Å². The van der Waals surface area contributed by atoms with E-state index in [2.05, 4.69) is 162 Å². The normalized spacial score (nSPS) is 12.6. The van der Waals surface area contributed by atoms with Gasteiger partial charge in [-0.2, -0.15) is 4.99 Å². The molecule has 0 spiro atoms. The van der Waals surface area contributed by atoms with Crippen molar-refractivity contribution in [3.63, 3.8) is 0 Å². The van der Waals surface area contributed by atoms with Gasteiger partial charge < -0.3 is 8.98 Å². The Balaban J connectivity index is 1.10. The average Bonchev–Trinajstić information content (AvgIpc) is 4.11. The molecule has 7 heteroatoms. The lowest BCUT2D eigenvalue weighted by atomic mass is 10.0. The van der Waals surface area contributed by atoms with Crippen molar-refractivity contribution in [3.8, 4) is 5.69 Å². The molecule has 4 aromatic heterocycles. The Kier molecular flexibility index (Phi) is 7.90. The number of nitrogens with zero attached hydrogens (tertiary/aromatic N) is 4. The summed E-state index contributed by atoms with van der Waals surface area (Å²) in [4.78, 5) is 10.7. The number of aromatic nitrogens is 2. The summed E-state index contributed by atoms with van der Waals surface area (Å²) >= 11 is 1.79. The van der Waals surface area contributed by atoms with Crippen molar-refractivity contribution in [3.05, 3.63) is 211 Å². The zero-order valence-electron chi connectivity index (χ0n) is 35.2. The Morgan fingerprint density at radius 3 is 1.71 bits per heavy atom. The summed E-state index contributed by atoms with van der Waals surface area (Å²) < 4.78 is 13.7. The number of fused-ring (bicyclic) bond motifs is 14. The van der Waals surface area contributed by atoms with E-state index < -0.39 is 0 Å². The smallest absolute Gasteiger partial charge is 0.229 e. The van der Waals surface area contributed by atoms with E-state index in [9.17, 15) is 5.41 Å². The van der Waals surface area contributed by atoms with Gasteiger partial charge in [-0.25, -0.2) is 4.99 Å². The molecule has 0 saturated heterocycles. The van der Waals surface area contributed by atoms with Crippen LogP contribution >= 0.6 is 11.3 Å². The van der Waals surface area contributed by atoms with Gasteiger partial charge in [-0.3, -0.25) is 9.98 Å². The number of hydrogen-bond acceptors (Lipinski definition) is 3. The monoisotopic (exact) mass is 861 g/mol. The molecule has 0 radical (unpaired) electrons. The van der Waals surface area contributed by atoms with Crippen LogP contribution < -0.4 is 0 Å². The molecule has 66 heavy (non-hydrogen) atoms. The largest absolute Gasteiger partial charge is 0.455 e. The van der Waals surface area contributed by atoms with E-state index in [1.54, 1.807) is 11.3 Å². The minimum absolute atomic E-state index is 0.0390. The highest BCUT2D eigenvalue weighted by Gasteiger charge is 2.25. The van der Waals surface area contributed by atoms with Crippen LogP contribution in [0.5, 0.6) is 0 Å². The molecule has 308 valence electrons. The minimum Gasteiger partial charge on any atom is -0.455 e. The van der Waals surface area contributed by atoms with Crippen LogP contribution in [0.4, 0.5) is 0 Å². The van der Waals surface area contributed by atoms with Crippen molar-refractivity contribution in [2.24, 2.45) is 9.98 Å². The number of para-hydroxylation sites is 3. The van der Waals surface area contributed by atoms with Crippen LogP contribution in [-0.2, 0) is 0 Å². The number of furan rings is 1. The van der Waals surface area contributed by atoms with Gasteiger partial charge >= 0.3 is 0 Å². The second-order valence-corrected chi connectivity index (χ2v) is 18.0. The zero-order chi connectivity index (χ0) is 43.5. The molecular formula is C59H35N5OS. The van der Waals surface area contributed by atoms with Gasteiger partial charge in [0.2, 0.25) is 5.96 Å². The highest BCUT2D eigenvalue weighted by atomic mass is 32.1. The lowest BCUT2D eigenvalue weighted by molar-refractivity contribution is 0.667. The van der Waals surface area contributed by atoms with E-state index in [0.29, 0.717) is 17.0 Å². The molecule has 0 aliphatic heterocycles. The van der Waals surface area contributed by atoms with Gasteiger partial charge in [0.25, 0.3) is 0 Å². The van der Waals surface area contributed by atoms with Crippen LogP contribution in [0.3, 0.4) is 0 Å². The average molecular weight is 862 g/mol. The molecule has 0 amide bonds. The Bertz CT molecular complexity index is 4300. The van der Waals surface area contributed by atoms with Crippen LogP contribution in [0.1, 0.15) is 11.1 Å². The molecule has 14 aromatic rings. The van der Waals surface area contributed by atoms with Crippen molar-refractivity contribution < 1.29 is 4.42 Å². The van der Waals surface area contributed by atoms with E-state index in [-0.39, 0.29) is 5.96 Å². The molecular weight excluding hydrogens is 827 g/mol. The third kappa shape index (κ3) is 5.50. The molecule has 6 nitrogen and oxygen atoms in total. The molecule has 0 atom stereocenters. The molecule has 0 aliphatic carbocycles. The molecule has 0 saturated carbocycles. The van der Waals surface area contributed by atoms with E-state index in [1.807, 2.05) is 53.2 Å². The van der Waals surface area contributed by atoms with Gasteiger partial charge in [0, 0.05) is 58.7 Å². The lowest BCUT2D eigenvalue weighted by Gasteiger charge is -2.15. The Morgan fingerprint density at radius 1 is 0.470 bits per heavy atom. The van der Waals surface area contributed by atoms with E-state index in [1.165, 1.54) is 30.9 Å². The predicted octanol–water partition coefficient (Wildman–Crippen LogP) is 15.8. The molecule has 4 heterocycles. The Labute approximate surface area is 380 Å². The zero-order valence-corrected chi connectivity index (χ0v) is 36.1. The molecule has 0 fully saturated rings. The van der Waals surface area contributed by atoms with Crippen molar-refractivity contribution in [2.75, 3.05) is 0 Å². The lowest BCUT2D eigenvalue weighted by Crippen LogP contribution is -2.13. The summed E-state index contributed by atoms with van der Waals surface area (Å²) in [5, 5.41) is 23.4. The van der Waals surface area contributed by atoms with Gasteiger partial charge in [0.1, 0.15) is 11.2 Å². The Morgan fingerprint density at radius 2 is 1.03 bits per heavy atom. The topological polar surface area (TPSA) is 71.6 Å². The Hall–Kier alpha value is -8.65. The number of thiophene rings is 1. The van der Waals surface area contributed by atoms with Crippen LogP contribution in [0.15, 0.2) is 215 Å². The number of benzene rings is 10. The highest BCUT2D eigenvalue weighted by Crippen LogP contribution is 2.42. The standard InChI is InChI=1S/C59H35N5OS/c60-59(64-48-21-9-5-17-40(48)41-18-6-10-22-49(41)64)62-58(61-34-35-25-28-55-47(29-35)43-20-8-12-24-54(43)66-55)56-50(27-26-44-42-19-7-11-23-53(42)65-57(44)56)63-51-32-38-15-3-1-13-36(38)30-45(51)46-31-37-14-2-4-16-39(37)33-52(46)63/h1-34,60H/b60-59?,61-34?,62-58-. The predicted molar refractivity (Wildman–Crippen MR) is 279 cm³/mol. The first-order valence-electron chi connectivity index (χ1n) is 22.0. The second kappa shape index (κ2) is 14.2. The number of hydrogen-bond donors (Lipinski definition) is 1. The van der Waals surface area contributed by atoms with E-state index >= 15 is 0 Å². The fourth-order valence-electron chi connectivity index (χ4n) is 10.2. The summed E-state index contributed by atoms with van der Waals surface area (Å²) in [6.07, 6.45) is 1.89. The quantitative estimate of drug-likeness (QED) is 0.139. The van der Waals surface area contributed by atoms with Crippen LogP contribution in [0.25, 0.3) is 113 Å². The summed E-state index contributed by atoms with van der Waals surface area (Å²) in [6.45, 7) is 0. The van der Waals surface area contributed by atoms with E-state index in [4.69, 9.17) is 14.4 Å². The molecule has 10 aromatic carbocycles. The summed E-state index contributed by atoms with van der Waals surface area (Å²) in [6, 6.07) is 70.3. The first kappa shape index (κ1) is 36.8. The second-order valence-electron chi connectivity index (χ2n) is 16.9. The molecule has 0 bridgehead atoms. The van der Waals surface area contributed by atoms with Gasteiger partial charge in [0.15, 0.2) is 5.84 Å². The van der Waals surface area contributed by atoms with Crippen molar-refractivity contribution in [1.29, 1.82) is 5.41 Å². The highest BCUT2D eigenvalue weighted by molar-refractivity contribution is 7.25. The third-order valence-corrected chi connectivity index (χ3v) is 14.4. The SMILES string of the molecule is N=C(/N=C(\N=Cc1ccc2sc3ccccc3c2c1)c1c(-n2c3cc4ccccc4cc3c3cc4ccccc4cc32)ccc2c1oc1ccccc12)n1c2ccccc2c2ccccc21. The van der Waals surface area contributed by atoms with Crippen molar-refractivity contribution in [1.82, 2.24) is 9.13 Å². The minimum atomic E-state index is 0.0390. The van der Waals surface area contributed by atoms with Gasteiger partial charge in [-0.15, -0.1) is 11.3 Å². The summed E-state index contributed by atoms with van der Waals surface area (Å²) in [7, 11) is 0. The van der Waals surface area contributed by atoms with Gasteiger partial charge in [-0.05, 0) is 99.9 Å². The number of aliphatic imine (C=N–C) groups is 2. The maximum Gasteiger partial charge on any atom is 0.229 e. The maximum atomic E-state index is 10.0. The van der Waals surface area contributed by atoms with Crippen molar-refractivity contribution >= 4 is 137 Å². The molecule has 0 unspecified atom stereocenters. The maximum absolute atomic E-state index is 10.0. The van der Waals surface area contributed by atoms with Crippen molar-refractivity contribution in [2.45, 2.75) is 0 Å². The van der Waals surface area contributed by atoms with Crippen LogP contribution in [-0.4, -0.2) is 27.1 Å².